The molecule has 0 radical (unpaired) electrons. The summed E-state index contributed by atoms with van der Waals surface area (Å²) < 4.78 is 0. The molecule has 3 rings (SSSR count). The van der Waals surface area contributed by atoms with E-state index in [1.54, 1.807) is 0 Å². The van der Waals surface area contributed by atoms with Gasteiger partial charge in [0.25, 0.3) is 0 Å². The number of hydrogen-bond acceptors (Lipinski definition) is 2. The van der Waals surface area contributed by atoms with Crippen LogP contribution in [0, 0.1) is 5.92 Å². The molecule has 1 atom stereocenters. The molecule has 1 aromatic rings. The predicted molar refractivity (Wildman–Crippen MR) is 77.5 cm³/mol. The third-order valence-electron chi connectivity index (χ3n) is 4.60. The van der Waals surface area contributed by atoms with Crippen molar-refractivity contribution in [1.82, 2.24) is 4.90 Å². The largest absolute Gasteiger partial charge is 0.332 e. The third-order valence-corrected chi connectivity index (χ3v) is 4.60. The minimum Gasteiger partial charge on any atom is -0.332 e. The number of likely N-dealkylation sites (tertiary alicyclic amines) is 1. The normalized spacial score (nSPS) is 23.2. The van der Waals surface area contributed by atoms with E-state index in [-0.39, 0.29) is 23.7 Å². The van der Waals surface area contributed by atoms with Gasteiger partial charge in [0.1, 0.15) is 0 Å². The van der Waals surface area contributed by atoms with Crippen molar-refractivity contribution in [2.75, 3.05) is 6.54 Å². The summed E-state index contributed by atoms with van der Waals surface area (Å²) in [7, 11) is 0. The monoisotopic (exact) mass is 271 g/mol. The molecule has 1 saturated heterocycles. The van der Waals surface area contributed by atoms with Crippen LogP contribution >= 0.6 is 0 Å². The lowest BCUT2D eigenvalue weighted by molar-refractivity contribution is -0.135. The lowest BCUT2D eigenvalue weighted by Crippen LogP contribution is -2.43. The van der Waals surface area contributed by atoms with E-state index in [1.165, 1.54) is 0 Å². The van der Waals surface area contributed by atoms with Gasteiger partial charge in [-0.25, -0.2) is 0 Å². The fraction of sp³-hybridized carbons (Fsp3) is 0.529. The molecule has 0 N–H and O–H groups in total. The molecular formula is C17H21NO2. The number of hydrogen-bond donors (Lipinski definition) is 0. The van der Waals surface area contributed by atoms with Gasteiger partial charge in [-0.05, 0) is 25.7 Å². The summed E-state index contributed by atoms with van der Waals surface area (Å²) >= 11 is 0. The van der Waals surface area contributed by atoms with Crippen molar-refractivity contribution in [2.24, 2.45) is 5.92 Å². The van der Waals surface area contributed by atoms with Crippen LogP contribution in [0.1, 0.15) is 48.9 Å². The van der Waals surface area contributed by atoms with E-state index in [2.05, 4.69) is 0 Å². The smallest absolute Gasteiger partial charge is 0.226 e. The molecule has 0 aromatic heterocycles. The topological polar surface area (TPSA) is 37.4 Å². The summed E-state index contributed by atoms with van der Waals surface area (Å²) in [5, 5.41) is 0. The first-order chi connectivity index (χ1) is 9.77. The number of ketones is 1. The first-order valence-electron chi connectivity index (χ1n) is 7.67. The standard InChI is InChI=1S/C17H21NO2/c19-16(13-7-2-1-3-8-13)15-11-6-12-18(15)17(20)14-9-4-5-10-14/h1-3,7-8,14-15H,4-6,9-12H2. The van der Waals surface area contributed by atoms with Crippen LogP contribution in [0.25, 0.3) is 0 Å². The Bertz CT molecular complexity index is 491. The quantitative estimate of drug-likeness (QED) is 0.792. The molecule has 1 aromatic carbocycles. The van der Waals surface area contributed by atoms with Crippen LogP contribution in [0.2, 0.25) is 0 Å². The maximum Gasteiger partial charge on any atom is 0.226 e. The number of carbonyl (C=O) groups is 2. The molecular weight excluding hydrogens is 250 g/mol. The highest BCUT2D eigenvalue weighted by molar-refractivity contribution is 6.02. The van der Waals surface area contributed by atoms with Crippen molar-refractivity contribution in [3.05, 3.63) is 35.9 Å². The van der Waals surface area contributed by atoms with E-state index in [9.17, 15) is 9.59 Å². The van der Waals surface area contributed by atoms with Crippen molar-refractivity contribution in [3.8, 4) is 0 Å². The predicted octanol–water partition coefficient (Wildman–Crippen LogP) is 3.05. The lowest BCUT2D eigenvalue weighted by Gasteiger charge is -2.26. The van der Waals surface area contributed by atoms with Gasteiger partial charge < -0.3 is 4.90 Å². The Kier molecular flexibility index (Phi) is 3.86. The van der Waals surface area contributed by atoms with Gasteiger partial charge in [0.05, 0.1) is 6.04 Å². The second-order valence-corrected chi connectivity index (χ2v) is 5.90. The first kappa shape index (κ1) is 13.3. The van der Waals surface area contributed by atoms with Gasteiger partial charge in [-0.15, -0.1) is 0 Å². The zero-order chi connectivity index (χ0) is 13.9. The van der Waals surface area contributed by atoms with Crippen LogP contribution in [0.3, 0.4) is 0 Å². The SMILES string of the molecule is O=C(c1ccccc1)C1CCCN1C(=O)C1CCCC1. The highest BCUT2D eigenvalue weighted by atomic mass is 16.2. The Hall–Kier alpha value is -1.64. The Labute approximate surface area is 120 Å². The second kappa shape index (κ2) is 5.78. The second-order valence-electron chi connectivity index (χ2n) is 5.90. The molecule has 1 saturated carbocycles. The van der Waals surface area contributed by atoms with Gasteiger partial charge in [0, 0.05) is 18.0 Å². The molecule has 1 amide bonds. The minimum absolute atomic E-state index is 0.106. The van der Waals surface area contributed by atoms with Crippen LogP contribution in [-0.2, 0) is 4.79 Å². The highest BCUT2D eigenvalue weighted by Crippen LogP contribution is 2.30. The first-order valence-corrected chi connectivity index (χ1v) is 7.67. The Morgan fingerprint density at radius 2 is 1.65 bits per heavy atom. The highest BCUT2D eigenvalue weighted by Gasteiger charge is 2.37. The molecule has 2 fully saturated rings. The zero-order valence-corrected chi connectivity index (χ0v) is 11.8. The van der Waals surface area contributed by atoms with E-state index in [0.717, 1.165) is 50.6 Å². The van der Waals surface area contributed by atoms with Gasteiger partial charge >= 0.3 is 0 Å². The molecule has 0 bridgehead atoms. The number of rotatable bonds is 3. The van der Waals surface area contributed by atoms with Gasteiger partial charge in [-0.2, -0.15) is 0 Å². The van der Waals surface area contributed by atoms with Crippen LogP contribution in [0.15, 0.2) is 30.3 Å². The molecule has 2 aliphatic rings. The maximum atomic E-state index is 12.6. The summed E-state index contributed by atoms with van der Waals surface area (Å²) in [6, 6.07) is 9.13. The molecule has 1 aliphatic carbocycles. The summed E-state index contributed by atoms with van der Waals surface area (Å²) in [5.41, 5.74) is 0.726. The molecule has 1 unspecified atom stereocenters. The molecule has 0 spiro atoms. The maximum absolute atomic E-state index is 12.6. The molecule has 1 aliphatic heterocycles. The van der Waals surface area contributed by atoms with E-state index in [0.29, 0.717) is 0 Å². The summed E-state index contributed by atoms with van der Waals surface area (Å²) in [5.74, 6) is 0.489. The van der Waals surface area contributed by atoms with E-state index in [1.807, 2.05) is 35.2 Å². The third kappa shape index (κ3) is 2.49. The van der Waals surface area contributed by atoms with E-state index < -0.39 is 0 Å². The van der Waals surface area contributed by atoms with Gasteiger partial charge in [-0.3, -0.25) is 9.59 Å². The van der Waals surface area contributed by atoms with Crippen molar-refractivity contribution in [2.45, 2.75) is 44.6 Å². The van der Waals surface area contributed by atoms with Gasteiger partial charge in [-0.1, -0.05) is 43.2 Å². The average Bonchev–Trinajstić information content (AvgIpc) is 3.18. The van der Waals surface area contributed by atoms with Crippen LogP contribution in [-0.4, -0.2) is 29.2 Å². The molecule has 106 valence electrons. The Balaban J connectivity index is 1.75. The molecule has 3 heteroatoms. The molecule has 1 heterocycles. The van der Waals surface area contributed by atoms with Crippen LogP contribution in [0.4, 0.5) is 0 Å². The number of benzene rings is 1. The van der Waals surface area contributed by atoms with E-state index in [4.69, 9.17) is 0 Å². The summed E-state index contributed by atoms with van der Waals surface area (Å²) in [6.07, 6.45) is 6.07. The van der Waals surface area contributed by atoms with Crippen LogP contribution in [0.5, 0.6) is 0 Å². The molecule has 20 heavy (non-hydrogen) atoms. The number of carbonyl (C=O) groups excluding carboxylic acids is 2. The van der Waals surface area contributed by atoms with Gasteiger partial charge in [0.2, 0.25) is 5.91 Å². The van der Waals surface area contributed by atoms with E-state index >= 15 is 0 Å². The Morgan fingerprint density at radius 3 is 2.35 bits per heavy atom. The van der Waals surface area contributed by atoms with Gasteiger partial charge in [0.15, 0.2) is 5.78 Å². The van der Waals surface area contributed by atoms with Crippen molar-refractivity contribution < 1.29 is 9.59 Å². The minimum atomic E-state index is -0.231. The van der Waals surface area contributed by atoms with Crippen LogP contribution < -0.4 is 0 Å². The summed E-state index contributed by atoms with van der Waals surface area (Å²) in [4.78, 5) is 27.0. The fourth-order valence-electron chi connectivity index (χ4n) is 3.51. The van der Waals surface area contributed by atoms with Crippen molar-refractivity contribution in [1.29, 1.82) is 0 Å². The molecule has 3 nitrogen and oxygen atoms in total. The number of Topliss-reactive ketones (excluding diaryl/α,β-unsaturated/α-hetero) is 1. The van der Waals surface area contributed by atoms with Crippen molar-refractivity contribution >= 4 is 11.7 Å². The fourth-order valence-corrected chi connectivity index (χ4v) is 3.51. The average molecular weight is 271 g/mol. The zero-order valence-electron chi connectivity index (χ0n) is 11.8. The Morgan fingerprint density at radius 1 is 0.950 bits per heavy atom. The summed E-state index contributed by atoms with van der Waals surface area (Å²) in [6.45, 7) is 0.749. The lowest BCUT2D eigenvalue weighted by atomic mass is 10.0. The van der Waals surface area contributed by atoms with Crippen molar-refractivity contribution in [3.63, 3.8) is 0 Å². The number of amides is 1. The number of nitrogens with zero attached hydrogens (tertiary/aromatic N) is 1.